The Kier molecular flexibility index (Phi) is 4.26. The summed E-state index contributed by atoms with van der Waals surface area (Å²) >= 11 is 0. The topological polar surface area (TPSA) is 21.3 Å². The summed E-state index contributed by atoms with van der Waals surface area (Å²) in [5.74, 6) is 1.70. The number of nitrogens with one attached hydrogen (secondary N) is 1. The van der Waals surface area contributed by atoms with E-state index < -0.39 is 0 Å². The lowest BCUT2D eigenvalue weighted by Crippen LogP contribution is -2.10. The van der Waals surface area contributed by atoms with Gasteiger partial charge in [0.05, 0.1) is 7.11 Å². The molecule has 21 heavy (non-hydrogen) atoms. The summed E-state index contributed by atoms with van der Waals surface area (Å²) in [5.41, 5.74) is 5.39. The van der Waals surface area contributed by atoms with E-state index in [4.69, 9.17) is 4.74 Å². The highest BCUT2D eigenvalue weighted by Gasteiger charge is 2.22. The van der Waals surface area contributed by atoms with Gasteiger partial charge < -0.3 is 10.1 Å². The molecule has 2 aromatic rings. The normalized spacial score (nSPS) is 14.8. The van der Waals surface area contributed by atoms with Crippen LogP contribution < -0.4 is 10.1 Å². The minimum Gasteiger partial charge on any atom is -0.496 e. The van der Waals surface area contributed by atoms with E-state index in [1.54, 1.807) is 7.11 Å². The molecular weight excluding hydrogens is 258 g/mol. The Morgan fingerprint density at radius 3 is 2.62 bits per heavy atom. The van der Waals surface area contributed by atoms with Crippen molar-refractivity contribution in [3.05, 3.63) is 53.6 Å². The lowest BCUT2D eigenvalue weighted by molar-refractivity contribution is 0.408. The first-order valence-corrected chi connectivity index (χ1v) is 7.74. The third-order valence-corrected chi connectivity index (χ3v) is 4.46. The first-order valence-electron chi connectivity index (χ1n) is 7.74. The molecule has 0 heterocycles. The summed E-state index contributed by atoms with van der Waals surface area (Å²) in [4.78, 5) is 0. The summed E-state index contributed by atoms with van der Waals surface area (Å²) < 4.78 is 5.46. The summed E-state index contributed by atoms with van der Waals surface area (Å²) in [7, 11) is 3.70. The van der Waals surface area contributed by atoms with Crippen LogP contribution in [0.1, 0.15) is 36.3 Å². The fourth-order valence-electron chi connectivity index (χ4n) is 3.11. The zero-order valence-corrected chi connectivity index (χ0v) is 12.9. The molecule has 0 spiro atoms. The molecule has 1 N–H and O–H groups in total. The first-order chi connectivity index (χ1) is 10.3. The zero-order chi connectivity index (χ0) is 14.7. The van der Waals surface area contributed by atoms with Crippen molar-refractivity contribution < 1.29 is 4.74 Å². The van der Waals surface area contributed by atoms with E-state index in [0.29, 0.717) is 0 Å². The van der Waals surface area contributed by atoms with E-state index >= 15 is 0 Å². The Morgan fingerprint density at radius 2 is 1.95 bits per heavy atom. The molecule has 110 valence electrons. The van der Waals surface area contributed by atoms with Crippen LogP contribution in [0.5, 0.6) is 5.75 Å². The molecule has 2 aromatic carbocycles. The van der Waals surface area contributed by atoms with Gasteiger partial charge in [-0.1, -0.05) is 36.8 Å². The zero-order valence-electron chi connectivity index (χ0n) is 12.9. The second-order valence-corrected chi connectivity index (χ2v) is 5.77. The van der Waals surface area contributed by atoms with Gasteiger partial charge in [0.1, 0.15) is 5.75 Å². The van der Waals surface area contributed by atoms with Gasteiger partial charge in [0, 0.05) is 12.1 Å². The van der Waals surface area contributed by atoms with Gasteiger partial charge in [-0.25, -0.2) is 0 Å². The highest BCUT2D eigenvalue weighted by molar-refractivity contribution is 5.70. The lowest BCUT2D eigenvalue weighted by Gasteiger charge is -2.28. The van der Waals surface area contributed by atoms with Gasteiger partial charge in [-0.15, -0.1) is 0 Å². The first kappa shape index (κ1) is 14.2. The molecule has 2 nitrogen and oxygen atoms in total. The Bertz CT molecular complexity index is 617. The number of methoxy groups -OCH3 is 1. The maximum absolute atomic E-state index is 5.46. The maximum atomic E-state index is 5.46. The molecule has 1 aliphatic rings. The minimum atomic E-state index is 0.746. The van der Waals surface area contributed by atoms with Crippen LogP contribution in [0.15, 0.2) is 42.5 Å². The number of ether oxygens (including phenoxy) is 1. The third kappa shape index (κ3) is 2.81. The average molecular weight is 281 g/mol. The standard InChI is InChI=1S/C19H23NO/c1-20-13-16-12-15(10-11-19(16)21-2)18-9-4-3-8-17(18)14-6-5-7-14/h3-4,8-12,14,20H,5-7,13H2,1-2H3. The summed E-state index contributed by atoms with van der Waals surface area (Å²) in [5, 5.41) is 3.22. The van der Waals surface area contributed by atoms with Crippen molar-refractivity contribution in [2.75, 3.05) is 14.2 Å². The molecule has 2 heteroatoms. The molecule has 0 aliphatic heterocycles. The van der Waals surface area contributed by atoms with Crippen LogP contribution in [0.4, 0.5) is 0 Å². The minimum absolute atomic E-state index is 0.746. The molecule has 0 aromatic heterocycles. The second-order valence-electron chi connectivity index (χ2n) is 5.77. The van der Waals surface area contributed by atoms with Crippen molar-refractivity contribution in [1.29, 1.82) is 0 Å². The molecular formula is C19H23NO. The van der Waals surface area contributed by atoms with Crippen LogP contribution in [0.25, 0.3) is 11.1 Å². The molecule has 0 atom stereocenters. The SMILES string of the molecule is CNCc1cc(-c2ccccc2C2CCC2)ccc1OC. The van der Waals surface area contributed by atoms with Gasteiger partial charge in [-0.3, -0.25) is 0 Å². The van der Waals surface area contributed by atoms with E-state index in [2.05, 4.69) is 47.8 Å². The van der Waals surface area contributed by atoms with E-state index in [0.717, 1.165) is 18.2 Å². The van der Waals surface area contributed by atoms with Crippen LogP contribution in [0.3, 0.4) is 0 Å². The van der Waals surface area contributed by atoms with E-state index in [9.17, 15) is 0 Å². The van der Waals surface area contributed by atoms with Crippen LogP contribution in [-0.2, 0) is 6.54 Å². The molecule has 1 aliphatic carbocycles. The monoisotopic (exact) mass is 281 g/mol. The predicted molar refractivity (Wildman–Crippen MR) is 87.8 cm³/mol. The fourth-order valence-corrected chi connectivity index (χ4v) is 3.11. The molecule has 0 radical (unpaired) electrons. The maximum Gasteiger partial charge on any atom is 0.123 e. The van der Waals surface area contributed by atoms with Gasteiger partial charge in [0.25, 0.3) is 0 Å². The predicted octanol–water partition coefficient (Wildman–Crippen LogP) is 4.35. The van der Waals surface area contributed by atoms with Crippen molar-refractivity contribution in [3.8, 4) is 16.9 Å². The van der Waals surface area contributed by atoms with Gasteiger partial charge in [0.2, 0.25) is 0 Å². The second kappa shape index (κ2) is 6.31. The van der Waals surface area contributed by atoms with Gasteiger partial charge >= 0.3 is 0 Å². The van der Waals surface area contributed by atoms with Crippen LogP contribution in [0.2, 0.25) is 0 Å². The highest BCUT2D eigenvalue weighted by Crippen LogP contribution is 2.41. The molecule has 0 saturated heterocycles. The van der Waals surface area contributed by atoms with Gasteiger partial charge in [0.15, 0.2) is 0 Å². The Balaban J connectivity index is 2.02. The van der Waals surface area contributed by atoms with Crippen molar-refractivity contribution in [2.24, 2.45) is 0 Å². The van der Waals surface area contributed by atoms with Crippen molar-refractivity contribution in [3.63, 3.8) is 0 Å². The van der Waals surface area contributed by atoms with Crippen molar-refractivity contribution in [2.45, 2.75) is 31.7 Å². The summed E-state index contributed by atoms with van der Waals surface area (Å²) in [6.07, 6.45) is 4.03. The Hall–Kier alpha value is -1.80. The Morgan fingerprint density at radius 1 is 1.14 bits per heavy atom. The van der Waals surface area contributed by atoms with E-state index in [-0.39, 0.29) is 0 Å². The molecule has 1 fully saturated rings. The number of rotatable bonds is 5. The lowest BCUT2D eigenvalue weighted by atomic mass is 9.77. The van der Waals surface area contributed by atoms with Gasteiger partial charge in [-0.2, -0.15) is 0 Å². The number of hydrogen-bond donors (Lipinski definition) is 1. The number of hydrogen-bond acceptors (Lipinski definition) is 2. The molecule has 1 saturated carbocycles. The molecule has 0 bridgehead atoms. The Labute approximate surface area is 127 Å². The highest BCUT2D eigenvalue weighted by atomic mass is 16.5. The third-order valence-electron chi connectivity index (χ3n) is 4.46. The van der Waals surface area contributed by atoms with Gasteiger partial charge in [-0.05, 0) is 54.6 Å². The van der Waals surface area contributed by atoms with Crippen LogP contribution in [0, 0.1) is 0 Å². The quantitative estimate of drug-likeness (QED) is 0.879. The smallest absolute Gasteiger partial charge is 0.123 e. The van der Waals surface area contributed by atoms with Crippen molar-refractivity contribution >= 4 is 0 Å². The van der Waals surface area contributed by atoms with Crippen LogP contribution in [-0.4, -0.2) is 14.2 Å². The molecule has 0 unspecified atom stereocenters. The average Bonchev–Trinajstić information content (AvgIpc) is 2.46. The molecule has 0 amide bonds. The molecule has 3 rings (SSSR count). The fraction of sp³-hybridized carbons (Fsp3) is 0.368. The van der Waals surface area contributed by atoms with Crippen molar-refractivity contribution in [1.82, 2.24) is 5.32 Å². The summed E-state index contributed by atoms with van der Waals surface area (Å²) in [6.45, 7) is 0.822. The van der Waals surface area contributed by atoms with Crippen LogP contribution >= 0.6 is 0 Å². The van der Waals surface area contributed by atoms with E-state index in [1.807, 2.05) is 7.05 Å². The largest absolute Gasteiger partial charge is 0.496 e. The number of benzene rings is 2. The van der Waals surface area contributed by atoms with E-state index in [1.165, 1.54) is 41.5 Å². The summed E-state index contributed by atoms with van der Waals surface area (Å²) in [6, 6.07) is 15.4.